The third-order valence-corrected chi connectivity index (χ3v) is 7.56. The van der Waals surface area contributed by atoms with Crippen molar-refractivity contribution >= 4 is 16.9 Å². The topological polar surface area (TPSA) is 84.2 Å². The molecule has 0 bridgehead atoms. The molecule has 0 saturated carbocycles. The minimum atomic E-state index is -2.06. The quantitative estimate of drug-likeness (QED) is 0.445. The maximum atomic E-state index is 13.3. The molecule has 4 heterocycles. The average Bonchev–Trinajstić information content (AvgIpc) is 3.13. The van der Waals surface area contributed by atoms with Crippen LogP contribution in [0.1, 0.15) is 57.9 Å². The second kappa shape index (κ2) is 6.26. The van der Waals surface area contributed by atoms with Crippen LogP contribution in [0.4, 0.5) is 0 Å². The number of hydrogen-bond donors (Lipinski definition) is 0. The lowest BCUT2D eigenvalue weighted by molar-refractivity contribution is -0.475. The van der Waals surface area contributed by atoms with Gasteiger partial charge in [0.2, 0.25) is 0 Å². The summed E-state index contributed by atoms with van der Waals surface area (Å²) in [5, 5.41) is 14.5. The highest BCUT2D eigenvalue weighted by molar-refractivity contribution is 5.94. The summed E-state index contributed by atoms with van der Waals surface area (Å²) in [6.07, 6.45) is 0.0233. The Morgan fingerprint density at radius 1 is 1.03 bits per heavy atom. The van der Waals surface area contributed by atoms with E-state index in [0.717, 1.165) is 33.3 Å². The Kier molecular flexibility index (Phi) is 4.03. The van der Waals surface area contributed by atoms with Crippen molar-refractivity contribution in [3.63, 3.8) is 0 Å². The number of nitrogens with zero attached hydrogens (tertiary/aromatic N) is 2. The molecule has 2 aliphatic rings. The van der Waals surface area contributed by atoms with Crippen molar-refractivity contribution in [1.29, 1.82) is 0 Å². The Labute approximate surface area is 180 Å². The molecule has 0 spiro atoms. The van der Waals surface area contributed by atoms with Gasteiger partial charge in [-0.2, -0.15) is 0 Å². The van der Waals surface area contributed by atoms with E-state index in [4.69, 9.17) is 9.72 Å². The number of cyclic esters (lactones) is 1. The van der Waals surface area contributed by atoms with Crippen LogP contribution in [0, 0.1) is 34.6 Å². The van der Waals surface area contributed by atoms with Crippen molar-refractivity contribution in [3.8, 4) is 11.4 Å². The summed E-state index contributed by atoms with van der Waals surface area (Å²) >= 11 is 0. The SMILES string of the molecule is CCC1([O-])C(=O)OCc2c1cc1n(c2=O)Cc2c-1nc1c(C)c(C)c(C)c(C)c1c2C. The number of esters is 1. The molecule has 1 atom stereocenters. The number of fused-ring (bicyclic) bond motifs is 5. The van der Waals surface area contributed by atoms with Crippen molar-refractivity contribution in [2.45, 2.75) is 66.7 Å². The number of aryl methyl sites for hydroxylation is 3. The van der Waals surface area contributed by atoms with Gasteiger partial charge in [0.15, 0.2) is 0 Å². The second-order valence-corrected chi connectivity index (χ2v) is 8.86. The van der Waals surface area contributed by atoms with E-state index < -0.39 is 11.6 Å². The van der Waals surface area contributed by atoms with Crippen molar-refractivity contribution in [3.05, 3.63) is 60.9 Å². The van der Waals surface area contributed by atoms with Crippen LogP contribution in [0.3, 0.4) is 0 Å². The van der Waals surface area contributed by atoms with Crippen LogP contribution in [0.25, 0.3) is 22.3 Å². The van der Waals surface area contributed by atoms with E-state index in [1.54, 1.807) is 17.6 Å². The fourth-order valence-corrected chi connectivity index (χ4v) is 5.20. The normalized spacial score (nSPS) is 19.3. The minimum absolute atomic E-state index is 0.0233. The number of aromatic nitrogens is 2. The van der Waals surface area contributed by atoms with Crippen molar-refractivity contribution in [2.75, 3.05) is 0 Å². The van der Waals surface area contributed by atoms with Gasteiger partial charge in [-0.15, -0.1) is 0 Å². The Bertz CT molecular complexity index is 1400. The summed E-state index contributed by atoms with van der Waals surface area (Å²) in [6.45, 7) is 12.4. The number of hydrogen-bond acceptors (Lipinski definition) is 5. The van der Waals surface area contributed by atoms with Gasteiger partial charge in [0, 0.05) is 16.6 Å². The molecule has 31 heavy (non-hydrogen) atoms. The van der Waals surface area contributed by atoms with Crippen LogP contribution >= 0.6 is 0 Å². The largest absolute Gasteiger partial charge is 0.838 e. The van der Waals surface area contributed by atoms with Gasteiger partial charge in [0.25, 0.3) is 11.5 Å². The maximum Gasteiger partial charge on any atom is 0.300 e. The number of carbonyl (C=O) groups is 1. The summed E-state index contributed by atoms with van der Waals surface area (Å²) in [6, 6.07) is 1.71. The number of pyridine rings is 2. The molecule has 0 amide bonds. The molecule has 6 nitrogen and oxygen atoms in total. The maximum absolute atomic E-state index is 13.3. The first-order chi connectivity index (χ1) is 14.6. The fourth-order valence-electron chi connectivity index (χ4n) is 5.20. The first-order valence-electron chi connectivity index (χ1n) is 10.7. The number of ether oxygens (including phenoxy) is 1. The summed E-state index contributed by atoms with van der Waals surface area (Å²) in [5.74, 6) is -0.815. The molecule has 0 saturated heterocycles. The molecule has 2 aliphatic heterocycles. The van der Waals surface area contributed by atoms with Crippen LogP contribution < -0.4 is 10.7 Å². The van der Waals surface area contributed by atoms with Gasteiger partial charge in [-0.1, -0.05) is 13.3 Å². The Balaban J connectivity index is 1.88. The van der Waals surface area contributed by atoms with Crippen LogP contribution in [0.2, 0.25) is 0 Å². The molecule has 1 unspecified atom stereocenters. The molecule has 6 heteroatoms. The molecule has 1 aromatic carbocycles. The molecular weight excluding hydrogens is 392 g/mol. The lowest BCUT2D eigenvalue weighted by Gasteiger charge is -2.41. The lowest BCUT2D eigenvalue weighted by atomic mass is 9.86. The fraction of sp³-hybridized carbons (Fsp3) is 0.400. The van der Waals surface area contributed by atoms with Gasteiger partial charge in [-0.25, -0.2) is 4.98 Å². The minimum Gasteiger partial charge on any atom is -0.838 e. The third-order valence-electron chi connectivity index (χ3n) is 7.56. The van der Waals surface area contributed by atoms with E-state index >= 15 is 0 Å². The second-order valence-electron chi connectivity index (χ2n) is 8.86. The number of carbonyl (C=O) groups excluding carboxylic acids is 1. The molecule has 5 rings (SSSR count). The van der Waals surface area contributed by atoms with Crippen molar-refractivity contribution < 1.29 is 14.6 Å². The van der Waals surface area contributed by atoms with Gasteiger partial charge in [0.1, 0.15) is 6.61 Å². The van der Waals surface area contributed by atoms with E-state index in [0.29, 0.717) is 12.2 Å². The summed E-state index contributed by atoms with van der Waals surface area (Å²) in [5.41, 5.74) is 7.38. The highest BCUT2D eigenvalue weighted by atomic mass is 16.6. The molecule has 0 radical (unpaired) electrons. The first kappa shape index (κ1) is 19.9. The van der Waals surface area contributed by atoms with Crippen LogP contribution in [-0.2, 0) is 28.3 Å². The molecule has 160 valence electrons. The van der Waals surface area contributed by atoms with Gasteiger partial charge >= 0.3 is 0 Å². The van der Waals surface area contributed by atoms with Crippen molar-refractivity contribution in [2.24, 2.45) is 0 Å². The number of rotatable bonds is 1. The van der Waals surface area contributed by atoms with Gasteiger partial charge in [-0.05, 0) is 74.1 Å². The zero-order chi connectivity index (χ0) is 22.4. The Morgan fingerprint density at radius 3 is 2.39 bits per heavy atom. The predicted octanol–water partition coefficient (Wildman–Crippen LogP) is 2.99. The third kappa shape index (κ3) is 2.34. The molecular formula is C25H25N2O4-. The average molecular weight is 417 g/mol. The molecule has 0 fully saturated rings. The van der Waals surface area contributed by atoms with Crippen molar-refractivity contribution in [1.82, 2.24) is 9.55 Å². The Morgan fingerprint density at radius 2 is 1.71 bits per heavy atom. The highest BCUT2D eigenvalue weighted by Crippen LogP contribution is 2.41. The van der Waals surface area contributed by atoms with Gasteiger partial charge in [0.05, 0.1) is 29.0 Å². The van der Waals surface area contributed by atoms with E-state index in [2.05, 4.69) is 34.6 Å². The van der Waals surface area contributed by atoms with Crippen LogP contribution in [-0.4, -0.2) is 15.5 Å². The van der Waals surface area contributed by atoms with E-state index in [1.807, 2.05) is 0 Å². The summed E-state index contributed by atoms with van der Waals surface area (Å²) in [4.78, 5) is 30.6. The number of benzene rings is 1. The zero-order valence-electron chi connectivity index (χ0n) is 18.7. The van der Waals surface area contributed by atoms with Crippen LogP contribution in [0.15, 0.2) is 10.9 Å². The predicted molar refractivity (Wildman–Crippen MR) is 116 cm³/mol. The van der Waals surface area contributed by atoms with Gasteiger partial charge < -0.3 is 14.4 Å². The summed E-state index contributed by atoms with van der Waals surface area (Å²) in [7, 11) is 0. The van der Waals surface area contributed by atoms with E-state index in [-0.39, 0.29) is 29.7 Å². The van der Waals surface area contributed by atoms with E-state index in [1.165, 1.54) is 16.7 Å². The Hall–Kier alpha value is -2.99. The smallest absolute Gasteiger partial charge is 0.300 e. The zero-order valence-corrected chi connectivity index (χ0v) is 18.7. The molecule has 3 aromatic rings. The standard InChI is InChI=1S/C25H25N2O4/c1-7-25(30)18-8-19-22-16(9-27(19)23(28)17(18)10-31-24(25)29)15(6)20-13(4)11(2)12(3)14(5)21(20)26-22/h8H,7,9-10H2,1-6H3/q-1. The molecule has 2 aromatic heterocycles. The first-order valence-corrected chi connectivity index (χ1v) is 10.7. The van der Waals surface area contributed by atoms with E-state index in [9.17, 15) is 14.7 Å². The monoisotopic (exact) mass is 417 g/mol. The highest BCUT2D eigenvalue weighted by Gasteiger charge is 2.38. The van der Waals surface area contributed by atoms with Gasteiger partial charge in [-0.3, -0.25) is 9.59 Å². The lowest BCUT2D eigenvalue weighted by Crippen LogP contribution is -2.53. The summed E-state index contributed by atoms with van der Waals surface area (Å²) < 4.78 is 6.76. The molecule has 0 N–H and O–H groups in total. The molecule has 0 aliphatic carbocycles. The van der Waals surface area contributed by atoms with Crippen LogP contribution in [0.5, 0.6) is 0 Å².